The fourth-order valence-electron chi connectivity index (χ4n) is 2.79. The van der Waals surface area contributed by atoms with E-state index in [9.17, 15) is 13.2 Å². The van der Waals surface area contributed by atoms with Crippen LogP contribution in [0.1, 0.15) is 0 Å². The van der Waals surface area contributed by atoms with Crippen LogP contribution >= 0.6 is 11.3 Å². The summed E-state index contributed by atoms with van der Waals surface area (Å²) in [7, 11) is -3.08. The number of hydrogen-bond donors (Lipinski definition) is 1. The lowest BCUT2D eigenvalue weighted by atomic mass is 10.2. The van der Waals surface area contributed by atoms with Crippen molar-refractivity contribution in [2.75, 3.05) is 16.4 Å². The topological polar surface area (TPSA) is 79.4 Å². The maximum Gasteiger partial charge on any atom is 0.324 e. The summed E-state index contributed by atoms with van der Waals surface area (Å²) in [6, 6.07) is 6.71. The number of carbonyl (C=O) groups is 1. The van der Waals surface area contributed by atoms with E-state index in [1.54, 1.807) is 0 Å². The number of aromatic nitrogens is 1. The molecule has 2 aliphatic heterocycles. The first-order valence-corrected chi connectivity index (χ1v) is 8.83. The van der Waals surface area contributed by atoms with E-state index < -0.39 is 9.84 Å². The molecule has 6 nitrogen and oxygen atoms in total. The van der Waals surface area contributed by atoms with Gasteiger partial charge in [0.05, 0.1) is 33.8 Å². The summed E-state index contributed by atoms with van der Waals surface area (Å²) >= 11 is 1.41. The van der Waals surface area contributed by atoms with Gasteiger partial charge < -0.3 is 5.32 Å². The molecule has 0 bridgehead atoms. The van der Waals surface area contributed by atoms with Crippen LogP contribution in [0.5, 0.6) is 0 Å². The lowest BCUT2D eigenvalue weighted by Crippen LogP contribution is -2.36. The van der Waals surface area contributed by atoms with E-state index in [1.807, 2.05) is 24.3 Å². The number of benzene rings is 1. The fourth-order valence-corrected chi connectivity index (χ4v) is 5.70. The van der Waals surface area contributed by atoms with Gasteiger partial charge in [-0.2, -0.15) is 0 Å². The van der Waals surface area contributed by atoms with Gasteiger partial charge in [0.25, 0.3) is 0 Å². The number of nitrogens with zero attached hydrogens (tertiary/aromatic N) is 2. The average molecular weight is 309 g/mol. The molecule has 1 aromatic carbocycles. The van der Waals surface area contributed by atoms with Gasteiger partial charge in [0.15, 0.2) is 15.0 Å². The minimum Gasteiger partial charge on any atom is -0.332 e. The number of urea groups is 1. The molecule has 0 aliphatic carbocycles. The summed E-state index contributed by atoms with van der Waals surface area (Å²) in [6.45, 7) is 0. The minimum atomic E-state index is -3.08. The molecule has 0 spiro atoms. The molecule has 1 aromatic heterocycles. The number of sulfone groups is 1. The molecule has 2 atom stereocenters. The van der Waals surface area contributed by atoms with E-state index in [1.165, 1.54) is 16.2 Å². The molecule has 3 heterocycles. The van der Waals surface area contributed by atoms with Gasteiger partial charge in [0, 0.05) is 0 Å². The molecule has 0 radical (unpaired) electrons. The van der Waals surface area contributed by atoms with Crippen molar-refractivity contribution in [3.8, 4) is 0 Å². The predicted molar refractivity (Wildman–Crippen MR) is 76.9 cm³/mol. The average Bonchev–Trinajstić information content (AvgIpc) is 2.97. The number of amides is 2. The van der Waals surface area contributed by atoms with Gasteiger partial charge in [-0.25, -0.2) is 18.2 Å². The Hall–Kier alpha value is -1.67. The minimum absolute atomic E-state index is 0.00628. The highest BCUT2D eigenvalue weighted by Crippen LogP contribution is 2.34. The Balaban J connectivity index is 1.78. The van der Waals surface area contributed by atoms with E-state index >= 15 is 0 Å². The first-order valence-electron chi connectivity index (χ1n) is 6.19. The number of para-hydroxylation sites is 1. The van der Waals surface area contributed by atoms with Crippen molar-refractivity contribution in [2.45, 2.75) is 12.1 Å². The van der Waals surface area contributed by atoms with Crippen LogP contribution in [0.4, 0.5) is 9.93 Å². The summed E-state index contributed by atoms with van der Waals surface area (Å²) in [5.41, 5.74) is 0.824. The SMILES string of the molecule is O=C1N[C@H]2CS(=O)(=O)C[C@@H]2N1c1nc2ccccc2s1. The van der Waals surface area contributed by atoms with Crippen LogP contribution in [0.2, 0.25) is 0 Å². The second-order valence-electron chi connectivity index (χ2n) is 5.03. The van der Waals surface area contributed by atoms with Crippen molar-refractivity contribution >= 4 is 42.6 Å². The van der Waals surface area contributed by atoms with E-state index in [0.717, 1.165) is 10.2 Å². The number of nitrogens with one attached hydrogen (secondary N) is 1. The van der Waals surface area contributed by atoms with Crippen molar-refractivity contribution in [1.82, 2.24) is 10.3 Å². The monoisotopic (exact) mass is 309 g/mol. The molecule has 8 heteroatoms. The molecule has 2 aromatic rings. The zero-order valence-electron chi connectivity index (χ0n) is 10.3. The van der Waals surface area contributed by atoms with Crippen LogP contribution in [0.15, 0.2) is 24.3 Å². The summed E-state index contributed by atoms with van der Waals surface area (Å²) in [5.74, 6) is 0.0249. The lowest BCUT2D eigenvalue weighted by molar-refractivity contribution is 0.251. The van der Waals surface area contributed by atoms with Crippen LogP contribution in [0.3, 0.4) is 0 Å². The summed E-state index contributed by atoms with van der Waals surface area (Å²) < 4.78 is 24.4. The smallest absolute Gasteiger partial charge is 0.324 e. The molecule has 2 fully saturated rings. The van der Waals surface area contributed by atoms with E-state index in [2.05, 4.69) is 10.3 Å². The zero-order valence-corrected chi connectivity index (χ0v) is 11.9. The Kier molecular flexibility index (Phi) is 2.37. The van der Waals surface area contributed by atoms with Gasteiger partial charge in [-0.1, -0.05) is 23.5 Å². The van der Waals surface area contributed by atoms with Gasteiger partial charge in [-0.15, -0.1) is 0 Å². The summed E-state index contributed by atoms with van der Waals surface area (Å²) in [5, 5.41) is 3.30. The van der Waals surface area contributed by atoms with Crippen LogP contribution in [0.25, 0.3) is 10.2 Å². The molecular formula is C12H11N3O3S2. The van der Waals surface area contributed by atoms with Crippen molar-refractivity contribution in [3.63, 3.8) is 0 Å². The molecule has 2 amide bonds. The second-order valence-corrected chi connectivity index (χ2v) is 8.20. The van der Waals surface area contributed by atoms with Crippen molar-refractivity contribution in [1.29, 1.82) is 0 Å². The highest BCUT2D eigenvalue weighted by Gasteiger charge is 2.50. The molecule has 104 valence electrons. The third-order valence-electron chi connectivity index (χ3n) is 3.67. The molecule has 0 saturated carbocycles. The van der Waals surface area contributed by atoms with E-state index in [4.69, 9.17) is 0 Å². The lowest BCUT2D eigenvalue weighted by Gasteiger charge is -2.17. The molecule has 2 saturated heterocycles. The Morgan fingerprint density at radius 3 is 2.90 bits per heavy atom. The molecule has 2 aliphatic rings. The Labute approximate surface area is 119 Å². The van der Waals surface area contributed by atoms with E-state index in [-0.39, 0.29) is 29.6 Å². The maximum atomic E-state index is 12.1. The standard InChI is InChI=1S/C12H11N3O3S2/c16-11-13-8-5-20(17,18)6-9(8)15(11)12-14-7-3-1-2-4-10(7)19-12/h1-4,8-9H,5-6H2,(H,13,16)/t8-,9-/m0/s1. The quantitative estimate of drug-likeness (QED) is 0.797. The van der Waals surface area contributed by atoms with Gasteiger partial charge in [0.1, 0.15) is 0 Å². The number of thiazole rings is 1. The molecule has 1 N–H and O–H groups in total. The second kappa shape index (κ2) is 3.92. The van der Waals surface area contributed by atoms with Crippen LogP contribution in [-0.4, -0.2) is 43.0 Å². The van der Waals surface area contributed by atoms with Crippen molar-refractivity contribution < 1.29 is 13.2 Å². The number of hydrogen-bond acceptors (Lipinski definition) is 5. The third kappa shape index (κ3) is 1.71. The normalized spacial score (nSPS) is 27.8. The number of anilines is 1. The largest absolute Gasteiger partial charge is 0.332 e. The van der Waals surface area contributed by atoms with E-state index in [0.29, 0.717) is 5.13 Å². The Bertz CT molecular complexity index is 781. The van der Waals surface area contributed by atoms with Crippen molar-refractivity contribution in [2.24, 2.45) is 0 Å². The first-order chi connectivity index (χ1) is 9.53. The maximum absolute atomic E-state index is 12.1. The summed E-state index contributed by atoms with van der Waals surface area (Å²) in [6.07, 6.45) is 0. The Morgan fingerprint density at radius 2 is 2.10 bits per heavy atom. The molecule has 20 heavy (non-hydrogen) atoms. The van der Waals surface area contributed by atoms with Gasteiger partial charge >= 0.3 is 6.03 Å². The Morgan fingerprint density at radius 1 is 1.30 bits per heavy atom. The van der Waals surface area contributed by atoms with Gasteiger partial charge in [-0.05, 0) is 12.1 Å². The zero-order chi connectivity index (χ0) is 13.9. The third-order valence-corrected chi connectivity index (χ3v) is 6.42. The van der Waals surface area contributed by atoms with Gasteiger partial charge in [-0.3, -0.25) is 4.90 Å². The highest BCUT2D eigenvalue weighted by molar-refractivity contribution is 7.91. The number of rotatable bonds is 1. The predicted octanol–water partition coefficient (Wildman–Crippen LogP) is 0.992. The van der Waals surface area contributed by atoms with Crippen LogP contribution < -0.4 is 10.2 Å². The van der Waals surface area contributed by atoms with Crippen LogP contribution in [-0.2, 0) is 9.84 Å². The first kappa shape index (κ1) is 12.1. The number of fused-ring (bicyclic) bond motifs is 2. The highest BCUT2D eigenvalue weighted by atomic mass is 32.2. The van der Waals surface area contributed by atoms with Crippen molar-refractivity contribution in [3.05, 3.63) is 24.3 Å². The number of carbonyl (C=O) groups excluding carboxylic acids is 1. The molecule has 4 rings (SSSR count). The van der Waals surface area contributed by atoms with Crippen LogP contribution in [0, 0.1) is 0 Å². The summed E-state index contributed by atoms with van der Waals surface area (Å²) in [4.78, 5) is 18.0. The fraction of sp³-hybridized carbons (Fsp3) is 0.333. The molecular weight excluding hydrogens is 298 g/mol. The van der Waals surface area contributed by atoms with Gasteiger partial charge in [0.2, 0.25) is 0 Å². The molecule has 0 unspecified atom stereocenters.